The van der Waals surface area contributed by atoms with Crippen LogP contribution >= 0.6 is 0 Å². The molecule has 3 fully saturated rings. The zero-order valence-electron chi connectivity index (χ0n) is 24.7. The van der Waals surface area contributed by atoms with Crippen molar-refractivity contribution in [1.82, 2.24) is 30.0 Å². The van der Waals surface area contributed by atoms with E-state index in [1.165, 1.54) is 6.07 Å². The molecule has 0 spiro atoms. The summed E-state index contributed by atoms with van der Waals surface area (Å²) in [5.74, 6) is 1.44. The van der Waals surface area contributed by atoms with E-state index < -0.39 is 12.0 Å². The van der Waals surface area contributed by atoms with Crippen molar-refractivity contribution in [3.8, 4) is 23.0 Å². The molecule has 3 saturated heterocycles. The van der Waals surface area contributed by atoms with Crippen LogP contribution in [0.1, 0.15) is 54.9 Å². The van der Waals surface area contributed by atoms with Crippen molar-refractivity contribution in [1.29, 1.82) is 0 Å². The number of phenols is 1. The molecule has 0 radical (unpaired) electrons. The van der Waals surface area contributed by atoms with Gasteiger partial charge >= 0.3 is 6.01 Å². The third kappa shape index (κ3) is 4.74. The van der Waals surface area contributed by atoms with Crippen molar-refractivity contribution >= 4 is 16.7 Å². The van der Waals surface area contributed by atoms with Gasteiger partial charge in [-0.15, -0.1) is 0 Å². The molecule has 0 amide bonds. The highest BCUT2D eigenvalue weighted by atomic mass is 19.1. The van der Waals surface area contributed by atoms with E-state index in [0.29, 0.717) is 67.3 Å². The smallest absolute Gasteiger partial charge is 0.319 e. The number of rotatable bonds is 3. The zero-order valence-corrected chi connectivity index (χ0v) is 24.7. The number of halogens is 2. The van der Waals surface area contributed by atoms with Crippen molar-refractivity contribution < 1.29 is 23.1 Å². The van der Waals surface area contributed by atoms with Crippen LogP contribution in [-0.2, 0) is 19.3 Å². The van der Waals surface area contributed by atoms with Crippen LogP contribution in [0.4, 0.5) is 14.6 Å². The first kappa shape index (κ1) is 27.6. The highest BCUT2D eigenvalue weighted by Gasteiger charge is 2.49. The van der Waals surface area contributed by atoms with Crippen molar-refractivity contribution in [3.63, 3.8) is 0 Å². The van der Waals surface area contributed by atoms with Gasteiger partial charge in [0.05, 0.1) is 10.9 Å². The van der Waals surface area contributed by atoms with Gasteiger partial charge in [-0.25, -0.2) is 8.78 Å². The van der Waals surface area contributed by atoms with Gasteiger partial charge in [0.15, 0.2) is 11.6 Å². The van der Waals surface area contributed by atoms with Crippen LogP contribution in [0.25, 0.3) is 22.2 Å². The Morgan fingerprint density at radius 3 is 2.95 bits per heavy atom. The summed E-state index contributed by atoms with van der Waals surface area (Å²) in [5.41, 5.74) is 1.93. The summed E-state index contributed by atoms with van der Waals surface area (Å²) in [6, 6.07) is 3.27. The van der Waals surface area contributed by atoms with Crippen molar-refractivity contribution in [2.45, 2.75) is 70.0 Å². The number of pyridine rings is 1. The number of alkyl halides is 1. The highest BCUT2D eigenvalue weighted by molar-refractivity contribution is 5.92. The standard InChI is InChI=1S/C32H35F2N7O3/c1-18-10-21(42)12-23-22(18)5-6-26-36-25(39-44-26)11-19-4-2-8-40(15-19)30-24-14-35-28(23)27(34)29(24)37-31(38-30)43-17-32-7-3-9-41(32)16-20(33)13-32/h10,12,14,19-20,42H,2-9,11,13,15-17H2,1H3/t19?,20-,32+/m1/s1. The molecule has 0 saturated carbocycles. The van der Waals surface area contributed by atoms with Crippen LogP contribution in [0.3, 0.4) is 0 Å². The number of fused-ring (bicyclic) bond motifs is 3. The molecule has 3 aromatic heterocycles. The largest absolute Gasteiger partial charge is 0.508 e. The van der Waals surface area contributed by atoms with Gasteiger partial charge in [-0.05, 0) is 74.8 Å². The first-order chi connectivity index (χ1) is 21.3. The van der Waals surface area contributed by atoms with Crippen molar-refractivity contribution in [3.05, 3.63) is 47.0 Å². The number of benzene rings is 1. The molecule has 1 aromatic carbocycles. The third-order valence-electron chi connectivity index (χ3n) is 9.98. The molecule has 5 aliphatic rings. The summed E-state index contributed by atoms with van der Waals surface area (Å²) >= 11 is 0. The fourth-order valence-electron chi connectivity index (χ4n) is 7.89. The van der Waals surface area contributed by atoms with E-state index in [-0.39, 0.29) is 41.0 Å². The number of aromatic hydroxyl groups is 1. The Morgan fingerprint density at radius 1 is 1.14 bits per heavy atom. The Kier molecular flexibility index (Phi) is 6.65. The number of anilines is 1. The van der Waals surface area contributed by atoms with Crippen LogP contribution < -0.4 is 9.64 Å². The molecule has 230 valence electrons. The number of phenolic OH excluding ortho intramolecular Hbond substituents is 1. The van der Waals surface area contributed by atoms with Gasteiger partial charge in [-0.1, -0.05) is 5.16 Å². The summed E-state index contributed by atoms with van der Waals surface area (Å²) in [6.07, 6.45) is 6.57. The maximum Gasteiger partial charge on any atom is 0.319 e. The average Bonchev–Trinajstić information content (AvgIpc) is 3.69. The number of nitrogens with zero attached hydrogens (tertiary/aromatic N) is 7. The predicted octanol–water partition coefficient (Wildman–Crippen LogP) is 4.74. The fourth-order valence-corrected chi connectivity index (χ4v) is 7.89. The van der Waals surface area contributed by atoms with Gasteiger partial charge < -0.3 is 19.3 Å². The topological polar surface area (TPSA) is 114 Å². The Bertz CT molecular complexity index is 1750. The first-order valence-corrected chi connectivity index (χ1v) is 15.6. The molecule has 8 bridgehead atoms. The number of piperidine rings is 1. The molecule has 9 rings (SSSR count). The number of hydrogen-bond acceptors (Lipinski definition) is 10. The van der Waals surface area contributed by atoms with Crippen LogP contribution in [0.5, 0.6) is 11.8 Å². The number of hydrogen-bond donors (Lipinski definition) is 1. The molecule has 12 heteroatoms. The maximum atomic E-state index is 16.7. The second-order valence-corrected chi connectivity index (χ2v) is 12.9. The van der Waals surface area contributed by atoms with E-state index in [4.69, 9.17) is 14.2 Å². The van der Waals surface area contributed by atoms with Gasteiger partial charge in [0.25, 0.3) is 0 Å². The molecular weight excluding hydrogens is 568 g/mol. The fraction of sp³-hybridized carbons (Fsp3) is 0.531. The lowest BCUT2D eigenvalue weighted by Crippen LogP contribution is -2.43. The van der Waals surface area contributed by atoms with Gasteiger partial charge in [0, 0.05) is 50.7 Å². The van der Waals surface area contributed by atoms with E-state index in [1.807, 2.05) is 6.92 Å². The van der Waals surface area contributed by atoms with Crippen LogP contribution in [0.2, 0.25) is 0 Å². The molecular formula is C32H35F2N7O3. The predicted molar refractivity (Wildman–Crippen MR) is 158 cm³/mol. The molecule has 5 aliphatic heterocycles. The molecule has 1 N–H and O–H groups in total. The minimum atomic E-state index is -0.884. The lowest BCUT2D eigenvalue weighted by atomic mass is 9.93. The van der Waals surface area contributed by atoms with Crippen molar-refractivity contribution in [2.75, 3.05) is 37.7 Å². The SMILES string of the molecule is Cc1cc(O)cc2c1CCc1nc(no1)CC1CCCN(C1)c1nc(OC[C@@]34CCCN3C[C@H](F)C4)nc3c(F)c-2ncc13. The lowest BCUT2D eigenvalue weighted by Gasteiger charge is -2.34. The van der Waals surface area contributed by atoms with Gasteiger partial charge in [-0.3, -0.25) is 9.88 Å². The number of aryl methyl sites for hydroxylation is 2. The summed E-state index contributed by atoms with van der Waals surface area (Å²) in [6.45, 7) is 4.80. The van der Waals surface area contributed by atoms with E-state index >= 15 is 4.39 Å². The Balaban J connectivity index is 1.27. The van der Waals surface area contributed by atoms with Crippen LogP contribution in [-0.4, -0.2) is 79.6 Å². The highest BCUT2D eigenvalue weighted by Crippen LogP contribution is 2.41. The Morgan fingerprint density at radius 2 is 2.05 bits per heavy atom. The molecule has 8 heterocycles. The zero-order chi connectivity index (χ0) is 30.0. The van der Waals surface area contributed by atoms with Crippen LogP contribution in [0.15, 0.2) is 22.9 Å². The third-order valence-corrected chi connectivity index (χ3v) is 9.98. The molecule has 4 aromatic rings. The number of aromatic nitrogens is 5. The van der Waals surface area contributed by atoms with E-state index in [1.54, 1.807) is 12.3 Å². The first-order valence-electron chi connectivity index (χ1n) is 15.6. The monoisotopic (exact) mass is 603 g/mol. The van der Waals surface area contributed by atoms with Gasteiger partial charge in [0.1, 0.15) is 35.6 Å². The quantitative estimate of drug-likeness (QED) is 0.352. The van der Waals surface area contributed by atoms with Crippen molar-refractivity contribution in [2.24, 2.45) is 5.92 Å². The summed E-state index contributed by atoms with van der Waals surface area (Å²) < 4.78 is 43.0. The van der Waals surface area contributed by atoms with Gasteiger partial charge in [-0.2, -0.15) is 15.0 Å². The molecule has 10 nitrogen and oxygen atoms in total. The van der Waals surface area contributed by atoms with E-state index in [2.05, 4.69) is 29.9 Å². The molecule has 44 heavy (non-hydrogen) atoms. The second-order valence-electron chi connectivity index (χ2n) is 12.9. The van der Waals surface area contributed by atoms with Crippen LogP contribution in [0, 0.1) is 18.7 Å². The normalized spacial score (nSPS) is 25.1. The van der Waals surface area contributed by atoms with E-state index in [0.717, 1.165) is 49.9 Å². The minimum absolute atomic E-state index is 0.0203. The second kappa shape index (κ2) is 10.6. The average molecular weight is 604 g/mol. The van der Waals surface area contributed by atoms with Gasteiger partial charge in [0.2, 0.25) is 5.89 Å². The Hall–Kier alpha value is -3.93. The maximum absolute atomic E-state index is 16.7. The molecule has 1 unspecified atom stereocenters. The van der Waals surface area contributed by atoms with E-state index in [9.17, 15) is 9.50 Å². The molecule has 3 atom stereocenters. The minimum Gasteiger partial charge on any atom is -0.508 e. The summed E-state index contributed by atoms with van der Waals surface area (Å²) in [5, 5.41) is 15.3. The number of ether oxygens (including phenoxy) is 1. The summed E-state index contributed by atoms with van der Waals surface area (Å²) in [7, 11) is 0. The summed E-state index contributed by atoms with van der Waals surface area (Å²) in [4.78, 5) is 23.1. The Labute approximate surface area is 253 Å². The molecule has 0 aliphatic carbocycles. The lowest BCUT2D eigenvalue weighted by molar-refractivity contribution is 0.107.